The van der Waals surface area contributed by atoms with Crippen molar-refractivity contribution in [2.75, 3.05) is 26.8 Å². The Kier molecular flexibility index (Phi) is 5.55. The third kappa shape index (κ3) is 5.09. The molecule has 2 aliphatic rings. The molecule has 2 rings (SSSR count). The smallest absolute Gasteiger partial charge is 0.410 e. The van der Waals surface area contributed by atoms with Crippen LogP contribution in [0.2, 0.25) is 0 Å². The molecule has 0 aliphatic carbocycles. The van der Waals surface area contributed by atoms with Crippen LogP contribution in [0.15, 0.2) is 0 Å². The number of ether oxygens (including phenoxy) is 3. The van der Waals surface area contributed by atoms with E-state index in [0.29, 0.717) is 32.0 Å². The third-order valence-corrected chi connectivity index (χ3v) is 4.60. The summed E-state index contributed by atoms with van der Waals surface area (Å²) in [4.78, 5) is 25.4. The lowest BCUT2D eigenvalue weighted by atomic mass is 9.78. The number of likely N-dealkylation sites (tertiary alicyclic amines) is 1. The van der Waals surface area contributed by atoms with E-state index in [2.05, 4.69) is 0 Å². The number of rotatable bonds is 2. The first-order valence-corrected chi connectivity index (χ1v) is 8.42. The van der Waals surface area contributed by atoms with Crippen LogP contribution in [-0.4, -0.2) is 55.0 Å². The number of hydrogen-bond donors (Lipinski definition) is 0. The van der Waals surface area contributed by atoms with Gasteiger partial charge in [-0.3, -0.25) is 4.79 Å². The van der Waals surface area contributed by atoms with Crippen molar-refractivity contribution in [3.8, 4) is 0 Å². The standard InChI is InChI=1S/C17H29NO5/c1-16(2,3)23-15(20)18-8-6-17(7-9-18)12-13(5-10-22-17)11-14(19)21-4/h13H,5-12H2,1-4H3. The van der Waals surface area contributed by atoms with Crippen molar-refractivity contribution in [3.05, 3.63) is 0 Å². The van der Waals surface area contributed by atoms with Gasteiger partial charge in [0.2, 0.25) is 0 Å². The number of hydrogen-bond acceptors (Lipinski definition) is 5. The molecule has 6 nitrogen and oxygen atoms in total. The summed E-state index contributed by atoms with van der Waals surface area (Å²) in [5.74, 6) is 0.155. The van der Waals surface area contributed by atoms with Gasteiger partial charge in [-0.2, -0.15) is 0 Å². The van der Waals surface area contributed by atoms with Crippen LogP contribution in [0.3, 0.4) is 0 Å². The van der Waals surface area contributed by atoms with E-state index < -0.39 is 5.60 Å². The van der Waals surface area contributed by atoms with E-state index in [1.807, 2.05) is 20.8 Å². The second kappa shape index (κ2) is 7.07. The summed E-state index contributed by atoms with van der Waals surface area (Å²) < 4.78 is 16.3. The maximum Gasteiger partial charge on any atom is 0.410 e. The lowest BCUT2D eigenvalue weighted by molar-refractivity contribution is -0.148. The number of amides is 1. The Labute approximate surface area is 138 Å². The SMILES string of the molecule is COC(=O)CC1CCOC2(CCN(C(=O)OC(C)(C)C)CC2)C1. The predicted molar refractivity (Wildman–Crippen MR) is 85.1 cm³/mol. The van der Waals surface area contributed by atoms with Gasteiger partial charge in [-0.15, -0.1) is 0 Å². The van der Waals surface area contributed by atoms with Crippen LogP contribution >= 0.6 is 0 Å². The van der Waals surface area contributed by atoms with E-state index >= 15 is 0 Å². The van der Waals surface area contributed by atoms with E-state index in [4.69, 9.17) is 14.2 Å². The molecule has 0 bridgehead atoms. The number of carbonyl (C=O) groups is 2. The third-order valence-electron chi connectivity index (χ3n) is 4.60. The topological polar surface area (TPSA) is 65.1 Å². The molecule has 2 saturated heterocycles. The van der Waals surface area contributed by atoms with Crippen LogP contribution in [0.5, 0.6) is 0 Å². The number of piperidine rings is 1. The molecule has 0 aromatic carbocycles. The number of nitrogens with zero attached hydrogens (tertiary/aromatic N) is 1. The molecule has 1 unspecified atom stereocenters. The van der Waals surface area contributed by atoms with Gasteiger partial charge in [0.1, 0.15) is 5.60 Å². The predicted octanol–water partition coefficient (Wildman–Crippen LogP) is 2.75. The van der Waals surface area contributed by atoms with Crippen molar-refractivity contribution >= 4 is 12.1 Å². The minimum absolute atomic E-state index is 0.154. The number of carbonyl (C=O) groups excluding carboxylic acids is 2. The van der Waals surface area contributed by atoms with Crippen LogP contribution < -0.4 is 0 Å². The zero-order valence-corrected chi connectivity index (χ0v) is 14.7. The first-order chi connectivity index (χ1) is 10.7. The Morgan fingerprint density at radius 2 is 1.91 bits per heavy atom. The Morgan fingerprint density at radius 3 is 2.48 bits per heavy atom. The average molecular weight is 327 g/mol. The number of esters is 1. The van der Waals surface area contributed by atoms with Gasteiger partial charge >= 0.3 is 12.1 Å². The van der Waals surface area contributed by atoms with Gasteiger partial charge < -0.3 is 19.1 Å². The number of methoxy groups -OCH3 is 1. The van der Waals surface area contributed by atoms with Crippen molar-refractivity contribution in [1.82, 2.24) is 4.90 Å². The van der Waals surface area contributed by atoms with Crippen molar-refractivity contribution in [1.29, 1.82) is 0 Å². The van der Waals surface area contributed by atoms with Gasteiger partial charge in [0, 0.05) is 26.1 Å². The quantitative estimate of drug-likeness (QED) is 0.730. The zero-order valence-electron chi connectivity index (χ0n) is 14.7. The highest BCUT2D eigenvalue weighted by Crippen LogP contribution is 2.39. The summed E-state index contributed by atoms with van der Waals surface area (Å²) in [7, 11) is 1.43. The first kappa shape index (κ1) is 18.0. The second-order valence-corrected chi connectivity index (χ2v) is 7.64. The lowest BCUT2D eigenvalue weighted by Crippen LogP contribution is -2.51. The van der Waals surface area contributed by atoms with E-state index in [1.54, 1.807) is 4.90 Å². The van der Waals surface area contributed by atoms with Gasteiger partial charge in [-0.05, 0) is 52.4 Å². The molecule has 23 heavy (non-hydrogen) atoms. The van der Waals surface area contributed by atoms with Crippen LogP contribution in [0.25, 0.3) is 0 Å². The summed E-state index contributed by atoms with van der Waals surface area (Å²) in [5, 5.41) is 0. The highest BCUT2D eigenvalue weighted by Gasteiger charge is 2.42. The lowest BCUT2D eigenvalue weighted by Gasteiger charge is -2.46. The van der Waals surface area contributed by atoms with Crippen LogP contribution in [0.1, 0.15) is 52.9 Å². The molecule has 0 saturated carbocycles. The maximum absolute atomic E-state index is 12.1. The van der Waals surface area contributed by atoms with E-state index in [0.717, 1.165) is 25.7 Å². The fraction of sp³-hybridized carbons (Fsp3) is 0.882. The van der Waals surface area contributed by atoms with E-state index in [-0.39, 0.29) is 17.7 Å². The molecule has 1 amide bonds. The molecule has 0 N–H and O–H groups in total. The van der Waals surface area contributed by atoms with Gasteiger partial charge in [0.05, 0.1) is 12.7 Å². The van der Waals surface area contributed by atoms with Crippen molar-refractivity contribution in [2.45, 2.75) is 64.1 Å². The highest BCUT2D eigenvalue weighted by molar-refractivity contribution is 5.69. The minimum atomic E-state index is -0.473. The zero-order chi connectivity index (χ0) is 17.1. The molecule has 2 fully saturated rings. The Balaban J connectivity index is 1.87. The fourth-order valence-electron chi connectivity index (χ4n) is 3.39. The van der Waals surface area contributed by atoms with Gasteiger partial charge in [0.25, 0.3) is 0 Å². The summed E-state index contributed by atoms with van der Waals surface area (Å²) in [6.45, 7) is 7.57. The van der Waals surface area contributed by atoms with E-state index in [9.17, 15) is 9.59 Å². The molecule has 0 radical (unpaired) electrons. The summed E-state index contributed by atoms with van der Waals surface area (Å²) in [5.41, 5.74) is -0.672. The normalized spacial score (nSPS) is 24.3. The van der Waals surface area contributed by atoms with Crippen molar-refractivity contribution in [2.24, 2.45) is 5.92 Å². The molecule has 6 heteroatoms. The van der Waals surface area contributed by atoms with Crippen LogP contribution in [0.4, 0.5) is 4.79 Å². The summed E-state index contributed by atoms with van der Waals surface area (Å²) in [6, 6.07) is 0. The molecule has 0 aromatic heterocycles. The molecule has 132 valence electrons. The van der Waals surface area contributed by atoms with E-state index in [1.165, 1.54) is 7.11 Å². The molecule has 2 heterocycles. The Bertz CT molecular complexity index is 435. The minimum Gasteiger partial charge on any atom is -0.469 e. The second-order valence-electron chi connectivity index (χ2n) is 7.64. The molecular formula is C17H29NO5. The largest absolute Gasteiger partial charge is 0.469 e. The molecule has 0 aromatic rings. The first-order valence-electron chi connectivity index (χ1n) is 8.42. The van der Waals surface area contributed by atoms with Gasteiger partial charge in [-0.25, -0.2) is 4.79 Å². The monoisotopic (exact) mass is 327 g/mol. The van der Waals surface area contributed by atoms with Gasteiger partial charge in [0.15, 0.2) is 0 Å². The maximum atomic E-state index is 12.1. The van der Waals surface area contributed by atoms with Crippen LogP contribution in [0, 0.1) is 5.92 Å². The molecular weight excluding hydrogens is 298 g/mol. The van der Waals surface area contributed by atoms with Crippen molar-refractivity contribution in [3.63, 3.8) is 0 Å². The molecule has 1 spiro atoms. The summed E-state index contributed by atoms with van der Waals surface area (Å²) in [6.07, 6.45) is 3.55. The molecule has 1 atom stereocenters. The Morgan fingerprint density at radius 1 is 1.26 bits per heavy atom. The summed E-state index contributed by atoms with van der Waals surface area (Å²) >= 11 is 0. The average Bonchev–Trinajstić information content (AvgIpc) is 2.46. The molecule has 2 aliphatic heterocycles. The Hall–Kier alpha value is -1.30. The highest BCUT2D eigenvalue weighted by atomic mass is 16.6. The van der Waals surface area contributed by atoms with Crippen LogP contribution in [-0.2, 0) is 19.0 Å². The fourth-order valence-corrected chi connectivity index (χ4v) is 3.39. The van der Waals surface area contributed by atoms with Crippen molar-refractivity contribution < 1.29 is 23.8 Å². The van der Waals surface area contributed by atoms with Gasteiger partial charge in [-0.1, -0.05) is 0 Å².